The lowest BCUT2D eigenvalue weighted by Crippen LogP contribution is -2.47. The highest BCUT2D eigenvalue weighted by atomic mass is 32.2. The minimum Gasteiger partial charge on any atom is -0.480 e. The Hall–Kier alpha value is -2.19. The van der Waals surface area contributed by atoms with Crippen molar-refractivity contribution in [2.45, 2.75) is 23.9 Å². The summed E-state index contributed by atoms with van der Waals surface area (Å²) in [6.45, 7) is 0.517. The van der Waals surface area contributed by atoms with E-state index >= 15 is 0 Å². The van der Waals surface area contributed by atoms with Gasteiger partial charge in [0.1, 0.15) is 6.04 Å². The molecule has 0 radical (unpaired) electrons. The Morgan fingerprint density at radius 2 is 2.09 bits per heavy atom. The number of carbonyl (C=O) groups is 1. The molecule has 0 bridgehead atoms. The van der Waals surface area contributed by atoms with Gasteiger partial charge >= 0.3 is 5.97 Å². The zero-order valence-electron chi connectivity index (χ0n) is 12.3. The van der Waals surface area contributed by atoms with E-state index in [1.165, 1.54) is 6.33 Å². The van der Waals surface area contributed by atoms with Gasteiger partial charge in [-0.05, 0) is 12.1 Å². The van der Waals surface area contributed by atoms with Crippen LogP contribution >= 0.6 is 0 Å². The van der Waals surface area contributed by atoms with E-state index in [-0.39, 0.29) is 23.6 Å². The molecule has 3 rings (SSSR count). The molecule has 23 heavy (non-hydrogen) atoms. The van der Waals surface area contributed by atoms with Gasteiger partial charge < -0.3 is 10.1 Å². The van der Waals surface area contributed by atoms with E-state index in [1.807, 2.05) is 0 Å². The van der Waals surface area contributed by atoms with E-state index in [9.17, 15) is 18.3 Å². The zero-order chi connectivity index (χ0) is 16.4. The van der Waals surface area contributed by atoms with Crippen LogP contribution in [0.1, 0.15) is 11.4 Å². The number of sulfone groups is 1. The molecule has 122 valence electrons. The number of aromatic amines is 1. The molecule has 0 unspecified atom stereocenters. The second-order valence-corrected chi connectivity index (χ2v) is 7.60. The molecule has 1 aromatic heterocycles. The van der Waals surface area contributed by atoms with Crippen LogP contribution in [0.5, 0.6) is 0 Å². The van der Waals surface area contributed by atoms with Crippen molar-refractivity contribution in [3.63, 3.8) is 0 Å². The number of hydrogen-bond acceptors (Lipinski definition) is 5. The number of H-pyrrole nitrogens is 1. The third kappa shape index (κ3) is 3.27. The predicted molar refractivity (Wildman–Crippen MR) is 82.6 cm³/mol. The first kappa shape index (κ1) is 15.7. The summed E-state index contributed by atoms with van der Waals surface area (Å²) in [7, 11) is -3.43. The highest BCUT2D eigenvalue weighted by Gasteiger charge is 2.33. The lowest BCUT2D eigenvalue weighted by Gasteiger charge is -2.32. The lowest BCUT2D eigenvalue weighted by molar-refractivity contribution is -0.143. The molecular formula is C15H17N3O4S. The highest BCUT2D eigenvalue weighted by Crippen LogP contribution is 2.21. The standard InChI is InChI=1S/C15H17N3O4S/c19-15(20)14-8-12-13(17-10-16-12)9-18(14)6-7-23(21,22)11-4-2-1-3-5-11/h1-5,10,14H,6-9H2,(H,16,17)(H,19,20)/t14-/m1/s1. The number of aliphatic carboxylic acids is 1. The summed E-state index contributed by atoms with van der Waals surface area (Å²) in [4.78, 5) is 20.5. The van der Waals surface area contributed by atoms with Crippen LogP contribution in [0, 0.1) is 0 Å². The maximum atomic E-state index is 12.4. The number of rotatable bonds is 5. The second-order valence-electron chi connectivity index (χ2n) is 5.49. The molecule has 0 fully saturated rings. The monoisotopic (exact) mass is 335 g/mol. The topological polar surface area (TPSA) is 103 Å². The largest absolute Gasteiger partial charge is 0.480 e. The zero-order valence-corrected chi connectivity index (χ0v) is 13.2. The quantitative estimate of drug-likeness (QED) is 0.833. The SMILES string of the molecule is O=C(O)[C@H]1Cc2nc[nH]c2CN1CCS(=O)(=O)c1ccccc1. The molecular weight excluding hydrogens is 318 g/mol. The number of nitrogens with zero attached hydrogens (tertiary/aromatic N) is 2. The average molecular weight is 335 g/mol. The number of aromatic nitrogens is 2. The number of carboxylic acids is 1. The van der Waals surface area contributed by atoms with Gasteiger partial charge in [0.15, 0.2) is 9.84 Å². The summed E-state index contributed by atoms with van der Waals surface area (Å²) in [6.07, 6.45) is 1.81. The van der Waals surface area contributed by atoms with Crippen LogP contribution in [0.25, 0.3) is 0 Å². The average Bonchev–Trinajstić information content (AvgIpc) is 3.00. The Balaban J connectivity index is 1.75. The minimum absolute atomic E-state index is 0.121. The van der Waals surface area contributed by atoms with E-state index in [4.69, 9.17) is 0 Å². The van der Waals surface area contributed by atoms with Gasteiger partial charge in [0.25, 0.3) is 0 Å². The van der Waals surface area contributed by atoms with Crippen molar-refractivity contribution >= 4 is 15.8 Å². The van der Waals surface area contributed by atoms with E-state index in [0.29, 0.717) is 6.54 Å². The number of nitrogens with one attached hydrogen (secondary N) is 1. The predicted octanol–water partition coefficient (Wildman–Crippen LogP) is 0.695. The molecule has 1 atom stereocenters. The Morgan fingerprint density at radius 1 is 1.35 bits per heavy atom. The smallest absolute Gasteiger partial charge is 0.321 e. The fourth-order valence-electron chi connectivity index (χ4n) is 2.75. The molecule has 0 amide bonds. The molecule has 2 N–H and O–H groups in total. The van der Waals surface area contributed by atoms with Gasteiger partial charge in [0.2, 0.25) is 0 Å². The molecule has 2 heterocycles. The molecule has 0 aliphatic carbocycles. The first-order valence-electron chi connectivity index (χ1n) is 7.23. The van der Waals surface area contributed by atoms with Crippen molar-refractivity contribution < 1.29 is 18.3 Å². The van der Waals surface area contributed by atoms with Crippen LogP contribution in [0.2, 0.25) is 0 Å². The molecule has 0 spiro atoms. The van der Waals surface area contributed by atoms with Gasteiger partial charge in [-0.25, -0.2) is 13.4 Å². The van der Waals surface area contributed by atoms with Crippen LogP contribution in [-0.4, -0.2) is 52.7 Å². The van der Waals surface area contributed by atoms with Crippen LogP contribution in [0.15, 0.2) is 41.6 Å². The number of imidazole rings is 1. The van der Waals surface area contributed by atoms with E-state index in [2.05, 4.69) is 9.97 Å². The van der Waals surface area contributed by atoms with Crippen molar-refractivity contribution in [2.24, 2.45) is 0 Å². The lowest BCUT2D eigenvalue weighted by atomic mass is 10.0. The molecule has 0 saturated heterocycles. The Morgan fingerprint density at radius 3 is 2.78 bits per heavy atom. The van der Waals surface area contributed by atoms with Crippen molar-refractivity contribution in [1.82, 2.24) is 14.9 Å². The third-order valence-electron chi connectivity index (χ3n) is 4.03. The first-order valence-corrected chi connectivity index (χ1v) is 8.88. The Kier molecular flexibility index (Phi) is 4.18. The summed E-state index contributed by atoms with van der Waals surface area (Å²) in [5, 5.41) is 9.39. The van der Waals surface area contributed by atoms with Gasteiger partial charge in [-0.2, -0.15) is 0 Å². The van der Waals surface area contributed by atoms with E-state index in [0.717, 1.165) is 11.4 Å². The normalized spacial score (nSPS) is 18.5. The van der Waals surface area contributed by atoms with Gasteiger partial charge in [0, 0.05) is 19.5 Å². The van der Waals surface area contributed by atoms with Crippen LogP contribution in [-0.2, 0) is 27.6 Å². The number of carboxylic acid groups (broad SMARTS) is 1. The molecule has 1 aliphatic heterocycles. The maximum absolute atomic E-state index is 12.4. The van der Waals surface area contributed by atoms with Crippen molar-refractivity contribution in [3.05, 3.63) is 48.0 Å². The summed E-state index contributed by atoms with van der Waals surface area (Å²) in [5.41, 5.74) is 1.58. The fourth-order valence-corrected chi connectivity index (χ4v) is 4.03. The highest BCUT2D eigenvalue weighted by molar-refractivity contribution is 7.91. The van der Waals surface area contributed by atoms with Crippen LogP contribution < -0.4 is 0 Å². The molecule has 8 heteroatoms. The molecule has 0 saturated carbocycles. The van der Waals surface area contributed by atoms with Gasteiger partial charge in [0.05, 0.1) is 28.4 Å². The van der Waals surface area contributed by atoms with Gasteiger partial charge in [-0.1, -0.05) is 18.2 Å². The van der Waals surface area contributed by atoms with Gasteiger partial charge in [-0.3, -0.25) is 9.69 Å². The molecule has 1 aliphatic rings. The van der Waals surface area contributed by atoms with Crippen molar-refractivity contribution in [1.29, 1.82) is 0 Å². The van der Waals surface area contributed by atoms with Crippen LogP contribution in [0.3, 0.4) is 0 Å². The van der Waals surface area contributed by atoms with Crippen molar-refractivity contribution in [2.75, 3.05) is 12.3 Å². The Labute approximate surface area is 133 Å². The van der Waals surface area contributed by atoms with Crippen molar-refractivity contribution in [3.8, 4) is 0 Å². The Bertz CT molecular complexity index is 801. The second kappa shape index (κ2) is 6.13. The first-order chi connectivity index (χ1) is 11.0. The van der Waals surface area contributed by atoms with E-state index in [1.54, 1.807) is 35.2 Å². The van der Waals surface area contributed by atoms with E-state index < -0.39 is 21.8 Å². The molecule has 1 aromatic carbocycles. The molecule has 7 nitrogen and oxygen atoms in total. The minimum atomic E-state index is -3.43. The summed E-state index contributed by atoms with van der Waals surface area (Å²) in [5.74, 6) is -1.08. The summed E-state index contributed by atoms with van der Waals surface area (Å²) in [6, 6.07) is 7.44. The maximum Gasteiger partial charge on any atom is 0.321 e. The summed E-state index contributed by atoms with van der Waals surface area (Å²) >= 11 is 0. The number of fused-ring (bicyclic) bond motifs is 1. The fraction of sp³-hybridized carbons (Fsp3) is 0.333. The number of hydrogen-bond donors (Lipinski definition) is 2. The number of benzene rings is 1. The van der Waals surface area contributed by atoms with Crippen LogP contribution in [0.4, 0.5) is 0 Å². The third-order valence-corrected chi connectivity index (χ3v) is 5.74. The summed E-state index contributed by atoms with van der Waals surface area (Å²) < 4.78 is 24.7. The molecule has 2 aromatic rings. The van der Waals surface area contributed by atoms with Gasteiger partial charge in [-0.15, -0.1) is 0 Å².